The molecule has 0 bridgehead atoms. The van der Waals surface area contributed by atoms with Crippen LogP contribution in [0.15, 0.2) is 18.7 Å². The lowest BCUT2D eigenvalue weighted by atomic mass is 9.96. The van der Waals surface area contributed by atoms with E-state index in [2.05, 4.69) is 15.0 Å². The SMILES string of the molecule is CN(C)C(=O)[C@H]1CN(Cc2cnn(C)c2)Cc2ncn(C)c21. The summed E-state index contributed by atoms with van der Waals surface area (Å²) in [4.78, 5) is 21.0. The van der Waals surface area contributed by atoms with Crippen molar-refractivity contribution in [2.75, 3.05) is 20.6 Å². The van der Waals surface area contributed by atoms with Crippen molar-refractivity contribution in [2.24, 2.45) is 14.1 Å². The number of hydrogen-bond donors (Lipinski definition) is 0. The minimum atomic E-state index is -0.164. The van der Waals surface area contributed by atoms with E-state index in [0.29, 0.717) is 6.54 Å². The first-order chi connectivity index (χ1) is 10.5. The number of carbonyl (C=O) groups is 1. The average molecular weight is 302 g/mol. The zero-order valence-electron chi connectivity index (χ0n) is 13.5. The van der Waals surface area contributed by atoms with Crippen molar-refractivity contribution >= 4 is 5.91 Å². The Morgan fingerprint density at radius 1 is 1.41 bits per heavy atom. The van der Waals surface area contributed by atoms with E-state index in [9.17, 15) is 4.79 Å². The molecule has 2 aromatic heterocycles. The first-order valence-corrected chi connectivity index (χ1v) is 7.37. The monoisotopic (exact) mass is 302 g/mol. The number of nitrogens with zero attached hydrogens (tertiary/aromatic N) is 6. The first kappa shape index (κ1) is 14.8. The van der Waals surface area contributed by atoms with Gasteiger partial charge in [0.1, 0.15) is 0 Å². The number of aromatic nitrogens is 4. The van der Waals surface area contributed by atoms with E-state index in [-0.39, 0.29) is 11.8 Å². The van der Waals surface area contributed by atoms with Gasteiger partial charge in [-0.15, -0.1) is 0 Å². The van der Waals surface area contributed by atoms with Crippen LogP contribution in [0.3, 0.4) is 0 Å². The number of imidazole rings is 1. The first-order valence-electron chi connectivity index (χ1n) is 7.37. The minimum absolute atomic E-state index is 0.126. The van der Waals surface area contributed by atoms with Gasteiger partial charge in [0, 0.05) is 59.6 Å². The molecule has 0 unspecified atom stereocenters. The third-order valence-electron chi connectivity index (χ3n) is 4.11. The topological polar surface area (TPSA) is 59.2 Å². The van der Waals surface area contributed by atoms with Gasteiger partial charge in [0.25, 0.3) is 0 Å². The van der Waals surface area contributed by atoms with E-state index in [1.54, 1.807) is 30.0 Å². The van der Waals surface area contributed by atoms with E-state index < -0.39 is 0 Å². The molecule has 7 nitrogen and oxygen atoms in total. The molecule has 3 heterocycles. The molecule has 0 radical (unpaired) electrons. The summed E-state index contributed by atoms with van der Waals surface area (Å²) in [6.07, 6.45) is 5.68. The van der Waals surface area contributed by atoms with Gasteiger partial charge in [0.2, 0.25) is 5.91 Å². The highest BCUT2D eigenvalue weighted by Crippen LogP contribution is 2.29. The van der Waals surface area contributed by atoms with Crippen LogP contribution in [0.2, 0.25) is 0 Å². The summed E-state index contributed by atoms with van der Waals surface area (Å²) in [6.45, 7) is 2.25. The Hall–Kier alpha value is -2.15. The third-order valence-corrected chi connectivity index (χ3v) is 4.11. The molecule has 118 valence electrons. The third kappa shape index (κ3) is 2.64. The van der Waals surface area contributed by atoms with Crippen molar-refractivity contribution in [3.8, 4) is 0 Å². The van der Waals surface area contributed by atoms with Crippen LogP contribution in [-0.4, -0.2) is 55.7 Å². The summed E-state index contributed by atoms with van der Waals surface area (Å²) in [6, 6.07) is 0. The Labute approximate surface area is 130 Å². The molecular formula is C15H22N6O. The highest BCUT2D eigenvalue weighted by Gasteiger charge is 2.34. The molecule has 1 atom stereocenters. The number of likely N-dealkylation sites (N-methyl/N-ethyl adjacent to an activating group) is 1. The molecule has 2 aromatic rings. The summed E-state index contributed by atoms with van der Waals surface area (Å²) in [5.74, 6) is -0.0383. The molecule has 0 N–H and O–H groups in total. The van der Waals surface area contributed by atoms with Gasteiger partial charge in [-0.3, -0.25) is 14.4 Å². The van der Waals surface area contributed by atoms with Crippen LogP contribution in [0.4, 0.5) is 0 Å². The predicted molar refractivity (Wildman–Crippen MR) is 82.0 cm³/mol. The minimum Gasteiger partial charge on any atom is -0.348 e. The number of amides is 1. The molecule has 0 aliphatic carbocycles. The zero-order chi connectivity index (χ0) is 15.9. The van der Waals surface area contributed by atoms with Crippen molar-refractivity contribution in [1.29, 1.82) is 0 Å². The van der Waals surface area contributed by atoms with E-state index in [1.807, 2.05) is 31.1 Å². The second-order valence-electron chi connectivity index (χ2n) is 6.16. The lowest BCUT2D eigenvalue weighted by Gasteiger charge is -2.33. The number of aryl methyl sites for hydroxylation is 2. The van der Waals surface area contributed by atoms with Gasteiger partial charge in [0.15, 0.2) is 0 Å². The molecule has 0 spiro atoms. The second kappa shape index (κ2) is 5.57. The van der Waals surface area contributed by atoms with Crippen molar-refractivity contribution in [1.82, 2.24) is 29.1 Å². The Bertz CT molecular complexity index is 686. The molecular weight excluding hydrogens is 280 g/mol. The Morgan fingerprint density at radius 2 is 2.18 bits per heavy atom. The van der Waals surface area contributed by atoms with Crippen LogP contribution < -0.4 is 0 Å². The zero-order valence-corrected chi connectivity index (χ0v) is 13.5. The lowest BCUT2D eigenvalue weighted by Crippen LogP contribution is -2.41. The van der Waals surface area contributed by atoms with E-state index >= 15 is 0 Å². The second-order valence-corrected chi connectivity index (χ2v) is 6.16. The maximum Gasteiger partial charge on any atom is 0.232 e. The van der Waals surface area contributed by atoms with Crippen LogP contribution in [0.1, 0.15) is 22.9 Å². The fourth-order valence-corrected chi connectivity index (χ4v) is 3.12. The van der Waals surface area contributed by atoms with Crippen molar-refractivity contribution in [3.05, 3.63) is 35.7 Å². The summed E-state index contributed by atoms with van der Waals surface area (Å²) < 4.78 is 3.77. The number of rotatable bonds is 3. The highest BCUT2D eigenvalue weighted by atomic mass is 16.2. The molecule has 22 heavy (non-hydrogen) atoms. The van der Waals surface area contributed by atoms with Crippen molar-refractivity contribution in [3.63, 3.8) is 0 Å². The van der Waals surface area contributed by atoms with E-state index in [4.69, 9.17) is 0 Å². The fourth-order valence-electron chi connectivity index (χ4n) is 3.12. The van der Waals surface area contributed by atoms with Crippen LogP contribution in [0, 0.1) is 0 Å². The molecule has 1 aliphatic rings. The number of carbonyl (C=O) groups excluding carboxylic acids is 1. The van der Waals surface area contributed by atoms with E-state index in [1.165, 1.54) is 0 Å². The van der Waals surface area contributed by atoms with Crippen LogP contribution in [0.25, 0.3) is 0 Å². The van der Waals surface area contributed by atoms with Crippen molar-refractivity contribution < 1.29 is 4.79 Å². The highest BCUT2D eigenvalue weighted by molar-refractivity contribution is 5.83. The lowest BCUT2D eigenvalue weighted by molar-refractivity contribution is -0.131. The Balaban J connectivity index is 1.86. The number of fused-ring (bicyclic) bond motifs is 1. The molecule has 0 saturated heterocycles. The smallest absolute Gasteiger partial charge is 0.232 e. The van der Waals surface area contributed by atoms with Gasteiger partial charge in [0.05, 0.1) is 29.8 Å². The largest absolute Gasteiger partial charge is 0.348 e. The molecule has 0 saturated carbocycles. The van der Waals surface area contributed by atoms with Crippen molar-refractivity contribution in [2.45, 2.75) is 19.0 Å². The molecule has 1 aliphatic heterocycles. The van der Waals surface area contributed by atoms with E-state index in [0.717, 1.165) is 30.0 Å². The van der Waals surface area contributed by atoms with Crippen LogP contribution in [-0.2, 0) is 32.0 Å². The maximum absolute atomic E-state index is 12.6. The summed E-state index contributed by atoms with van der Waals surface area (Å²) in [5, 5.41) is 4.21. The van der Waals surface area contributed by atoms with Gasteiger partial charge in [-0.25, -0.2) is 4.98 Å². The normalized spacial score (nSPS) is 18.3. The van der Waals surface area contributed by atoms with Gasteiger partial charge in [-0.05, 0) is 0 Å². The Morgan fingerprint density at radius 3 is 2.82 bits per heavy atom. The van der Waals surface area contributed by atoms with Crippen LogP contribution >= 0.6 is 0 Å². The molecule has 3 rings (SSSR count). The van der Waals surface area contributed by atoms with Gasteiger partial charge < -0.3 is 9.47 Å². The van der Waals surface area contributed by atoms with Crippen LogP contribution in [0.5, 0.6) is 0 Å². The molecule has 7 heteroatoms. The summed E-state index contributed by atoms with van der Waals surface area (Å²) in [5.41, 5.74) is 3.19. The average Bonchev–Trinajstić information content (AvgIpc) is 3.04. The Kier molecular flexibility index (Phi) is 3.74. The standard InChI is InChI=1S/C15H22N6O/c1-18(2)15(22)12-8-21(7-11-5-17-20(4)6-11)9-13-14(12)19(3)10-16-13/h5-6,10,12H,7-9H2,1-4H3/t12-/m0/s1. The molecule has 1 amide bonds. The summed E-state index contributed by atoms with van der Waals surface area (Å²) in [7, 11) is 7.48. The maximum atomic E-state index is 12.6. The quantitative estimate of drug-likeness (QED) is 0.820. The van der Waals surface area contributed by atoms with Gasteiger partial charge in [-0.1, -0.05) is 0 Å². The molecule has 0 fully saturated rings. The predicted octanol–water partition coefficient (Wildman–Crippen LogP) is 0.341. The number of hydrogen-bond acceptors (Lipinski definition) is 4. The fraction of sp³-hybridized carbons (Fsp3) is 0.533. The molecule has 0 aromatic carbocycles. The summed E-state index contributed by atoms with van der Waals surface area (Å²) >= 11 is 0. The van der Waals surface area contributed by atoms with Gasteiger partial charge >= 0.3 is 0 Å². The van der Waals surface area contributed by atoms with Gasteiger partial charge in [-0.2, -0.15) is 5.10 Å².